The number of esters is 1. The van der Waals surface area contributed by atoms with Crippen LogP contribution in [0.4, 0.5) is 0 Å². The van der Waals surface area contributed by atoms with E-state index < -0.39 is 0 Å². The quantitative estimate of drug-likeness (QED) is 0.523. The Morgan fingerprint density at radius 1 is 1.46 bits per heavy atom. The molecule has 0 aliphatic heterocycles. The van der Waals surface area contributed by atoms with Gasteiger partial charge in [-0.15, -0.1) is 0 Å². The number of benzene rings is 1. The van der Waals surface area contributed by atoms with E-state index in [2.05, 4.69) is 6.92 Å². The van der Waals surface area contributed by atoms with Gasteiger partial charge in [0, 0.05) is 0 Å². The van der Waals surface area contributed by atoms with Gasteiger partial charge in [-0.25, -0.2) is 0 Å². The van der Waals surface area contributed by atoms with Crippen molar-refractivity contribution in [2.45, 2.75) is 13.3 Å². The summed E-state index contributed by atoms with van der Waals surface area (Å²) in [4.78, 5) is 11.3. The molecule has 1 aromatic rings. The van der Waals surface area contributed by atoms with Gasteiger partial charge in [-0.1, -0.05) is 32.0 Å². The highest BCUT2D eigenvalue weighted by Gasteiger charge is 2.12. The average molecular weight is 177 g/mol. The zero-order valence-electron chi connectivity index (χ0n) is 7.69. The molecule has 69 valence electrons. The number of hydrogen-bond acceptors (Lipinski definition) is 2. The molecule has 2 heteroatoms. The Hall–Kier alpha value is -1.31. The van der Waals surface area contributed by atoms with Gasteiger partial charge in [-0.05, 0) is 18.6 Å². The molecular formula is C11H13O2. The van der Waals surface area contributed by atoms with Crippen LogP contribution in [0.15, 0.2) is 30.3 Å². The van der Waals surface area contributed by atoms with E-state index in [0.717, 1.165) is 0 Å². The van der Waals surface area contributed by atoms with Crippen molar-refractivity contribution in [3.63, 3.8) is 0 Å². The molecular weight excluding hydrogens is 164 g/mol. The molecule has 1 radical (unpaired) electrons. The van der Waals surface area contributed by atoms with E-state index >= 15 is 0 Å². The van der Waals surface area contributed by atoms with E-state index in [0.29, 0.717) is 12.2 Å². The molecule has 0 saturated heterocycles. The second-order valence-electron chi connectivity index (χ2n) is 2.92. The van der Waals surface area contributed by atoms with Crippen molar-refractivity contribution in [2.75, 3.05) is 0 Å². The third kappa shape index (κ3) is 2.90. The summed E-state index contributed by atoms with van der Waals surface area (Å²) in [7, 11) is 0. The molecule has 13 heavy (non-hydrogen) atoms. The Bertz CT molecular complexity index is 267. The number of para-hydroxylation sites is 1. The summed E-state index contributed by atoms with van der Waals surface area (Å²) < 4.78 is 5.09. The largest absolute Gasteiger partial charge is 0.426 e. The van der Waals surface area contributed by atoms with E-state index in [1.54, 1.807) is 19.1 Å². The van der Waals surface area contributed by atoms with Gasteiger partial charge >= 0.3 is 5.97 Å². The van der Waals surface area contributed by atoms with Gasteiger partial charge < -0.3 is 4.74 Å². The SMILES string of the molecule is [CH2]CC(C)C(=O)Oc1ccccc1. The van der Waals surface area contributed by atoms with Crippen molar-refractivity contribution < 1.29 is 9.53 Å². The predicted octanol–water partition coefficient (Wildman–Crippen LogP) is 2.45. The lowest BCUT2D eigenvalue weighted by Crippen LogP contribution is -2.16. The van der Waals surface area contributed by atoms with Crippen molar-refractivity contribution in [3.05, 3.63) is 37.3 Å². The first-order chi connectivity index (χ1) is 6.24. The van der Waals surface area contributed by atoms with Gasteiger partial charge in [-0.2, -0.15) is 0 Å². The minimum Gasteiger partial charge on any atom is -0.426 e. The van der Waals surface area contributed by atoms with E-state index in [1.807, 2.05) is 18.2 Å². The number of hydrogen-bond donors (Lipinski definition) is 0. The van der Waals surface area contributed by atoms with Crippen LogP contribution in [0.25, 0.3) is 0 Å². The molecule has 0 aliphatic rings. The first kappa shape index (κ1) is 9.78. The molecule has 0 heterocycles. The van der Waals surface area contributed by atoms with Crippen LogP contribution in [-0.4, -0.2) is 5.97 Å². The second kappa shape index (κ2) is 4.65. The van der Waals surface area contributed by atoms with Gasteiger partial charge in [0.15, 0.2) is 0 Å². The molecule has 0 spiro atoms. The summed E-state index contributed by atoms with van der Waals surface area (Å²) in [5.41, 5.74) is 0. The van der Waals surface area contributed by atoms with Crippen LogP contribution in [0.1, 0.15) is 13.3 Å². The molecule has 0 fully saturated rings. The lowest BCUT2D eigenvalue weighted by atomic mass is 10.1. The van der Waals surface area contributed by atoms with Crippen LogP contribution in [0.3, 0.4) is 0 Å². The zero-order valence-corrected chi connectivity index (χ0v) is 7.69. The van der Waals surface area contributed by atoms with E-state index in [9.17, 15) is 4.79 Å². The number of carbonyl (C=O) groups is 1. The minimum absolute atomic E-state index is 0.139. The van der Waals surface area contributed by atoms with Gasteiger partial charge in [0.05, 0.1) is 5.92 Å². The maximum Gasteiger partial charge on any atom is 0.314 e. The summed E-state index contributed by atoms with van der Waals surface area (Å²) in [5.74, 6) is 0.231. The van der Waals surface area contributed by atoms with Crippen LogP contribution in [0.2, 0.25) is 0 Å². The Morgan fingerprint density at radius 3 is 2.62 bits per heavy atom. The molecule has 0 saturated carbocycles. The zero-order chi connectivity index (χ0) is 9.68. The Morgan fingerprint density at radius 2 is 2.08 bits per heavy atom. The molecule has 0 amide bonds. The lowest BCUT2D eigenvalue weighted by Gasteiger charge is -2.07. The van der Waals surface area contributed by atoms with Crippen LogP contribution < -0.4 is 4.74 Å². The highest BCUT2D eigenvalue weighted by molar-refractivity contribution is 5.74. The van der Waals surface area contributed by atoms with Gasteiger partial charge in [0.1, 0.15) is 5.75 Å². The van der Waals surface area contributed by atoms with E-state index in [-0.39, 0.29) is 11.9 Å². The number of carbonyl (C=O) groups excluding carboxylic acids is 1. The van der Waals surface area contributed by atoms with Gasteiger partial charge in [0.25, 0.3) is 0 Å². The molecule has 1 aromatic carbocycles. The van der Waals surface area contributed by atoms with E-state index in [4.69, 9.17) is 4.74 Å². The smallest absolute Gasteiger partial charge is 0.314 e. The summed E-state index contributed by atoms with van der Waals surface area (Å²) in [6.07, 6.45) is 0.561. The van der Waals surface area contributed by atoms with Gasteiger partial charge in [-0.3, -0.25) is 4.79 Å². The molecule has 0 aromatic heterocycles. The Balaban J connectivity index is 2.55. The third-order valence-corrected chi connectivity index (χ3v) is 1.80. The van der Waals surface area contributed by atoms with Crippen molar-refractivity contribution in [3.8, 4) is 5.75 Å². The summed E-state index contributed by atoms with van der Waals surface area (Å²) in [6, 6.07) is 9.05. The Kier molecular flexibility index (Phi) is 3.50. The molecule has 1 atom stereocenters. The normalized spacial score (nSPS) is 12.2. The van der Waals surface area contributed by atoms with Crippen LogP contribution >= 0.6 is 0 Å². The van der Waals surface area contributed by atoms with E-state index in [1.165, 1.54) is 0 Å². The third-order valence-electron chi connectivity index (χ3n) is 1.80. The lowest BCUT2D eigenvalue weighted by molar-refractivity contribution is -0.138. The maximum absolute atomic E-state index is 11.3. The molecule has 2 nitrogen and oxygen atoms in total. The van der Waals surface area contributed by atoms with Crippen LogP contribution in [-0.2, 0) is 4.79 Å². The monoisotopic (exact) mass is 177 g/mol. The fourth-order valence-corrected chi connectivity index (χ4v) is 0.823. The van der Waals surface area contributed by atoms with Crippen molar-refractivity contribution in [1.82, 2.24) is 0 Å². The molecule has 1 rings (SSSR count). The molecule has 1 unspecified atom stereocenters. The summed E-state index contributed by atoms with van der Waals surface area (Å²) in [5, 5.41) is 0. The highest BCUT2D eigenvalue weighted by atomic mass is 16.5. The maximum atomic E-state index is 11.3. The molecule has 0 aliphatic carbocycles. The number of ether oxygens (including phenoxy) is 1. The second-order valence-corrected chi connectivity index (χ2v) is 2.92. The fraction of sp³-hybridized carbons (Fsp3) is 0.273. The Labute approximate surface area is 78.5 Å². The number of rotatable bonds is 3. The predicted molar refractivity (Wildman–Crippen MR) is 51.2 cm³/mol. The average Bonchev–Trinajstić information content (AvgIpc) is 2.18. The first-order valence-corrected chi connectivity index (χ1v) is 4.30. The van der Waals surface area contributed by atoms with Crippen molar-refractivity contribution in [1.29, 1.82) is 0 Å². The molecule has 0 bridgehead atoms. The van der Waals surface area contributed by atoms with Crippen LogP contribution in [0.5, 0.6) is 5.75 Å². The summed E-state index contributed by atoms with van der Waals surface area (Å²) in [6.45, 7) is 5.45. The van der Waals surface area contributed by atoms with Gasteiger partial charge in [0.2, 0.25) is 0 Å². The van der Waals surface area contributed by atoms with Crippen molar-refractivity contribution >= 4 is 5.97 Å². The topological polar surface area (TPSA) is 26.3 Å². The highest BCUT2D eigenvalue weighted by Crippen LogP contribution is 2.12. The van der Waals surface area contributed by atoms with Crippen molar-refractivity contribution in [2.24, 2.45) is 5.92 Å². The summed E-state index contributed by atoms with van der Waals surface area (Å²) >= 11 is 0. The molecule has 0 N–H and O–H groups in total. The first-order valence-electron chi connectivity index (χ1n) is 4.30. The minimum atomic E-state index is -0.221. The standard InChI is InChI=1S/C11H13O2/c1-3-9(2)11(12)13-10-7-5-4-6-8-10/h4-9H,1,3H2,2H3. The fourth-order valence-electron chi connectivity index (χ4n) is 0.823. The van der Waals surface area contributed by atoms with Crippen LogP contribution in [0, 0.1) is 12.8 Å².